The van der Waals surface area contributed by atoms with Crippen LogP contribution in [0.25, 0.3) is 0 Å². The molecule has 1 rings (SSSR count). The Labute approximate surface area is 100 Å². The SMILES string of the molecule is CC(C)CCn1cc(C#C[Si](C)(C)C)cn1. The summed E-state index contributed by atoms with van der Waals surface area (Å²) in [4.78, 5) is 0. The number of aromatic nitrogens is 2. The van der Waals surface area contributed by atoms with Crippen molar-refractivity contribution < 1.29 is 0 Å². The molecule has 0 N–H and O–H groups in total. The first-order valence-electron chi connectivity index (χ1n) is 5.92. The molecule has 0 amide bonds. The Morgan fingerprint density at radius 3 is 2.62 bits per heavy atom. The van der Waals surface area contributed by atoms with Crippen molar-refractivity contribution in [2.75, 3.05) is 0 Å². The molecule has 0 unspecified atom stereocenters. The summed E-state index contributed by atoms with van der Waals surface area (Å²) in [5, 5.41) is 4.32. The van der Waals surface area contributed by atoms with Crippen molar-refractivity contribution in [1.82, 2.24) is 9.78 Å². The van der Waals surface area contributed by atoms with Gasteiger partial charge in [-0.25, -0.2) is 0 Å². The van der Waals surface area contributed by atoms with Crippen LogP contribution in [0.3, 0.4) is 0 Å². The molecule has 0 saturated heterocycles. The molecular formula is C13H22N2Si. The minimum absolute atomic E-state index is 0.723. The van der Waals surface area contributed by atoms with E-state index in [9.17, 15) is 0 Å². The van der Waals surface area contributed by atoms with Gasteiger partial charge in [0.2, 0.25) is 0 Å². The number of hydrogen-bond acceptors (Lipinski definition) is 1. The fourth-order valence-electron chi connectivity index (χ4n) is 1.20. The predicted molar refractivity (Wildman–Crippen MR) is 71.9 cm³/mol. The zero-order valence-electron chi connectivity index (χ0n) is 11.0. The van der Waals surface area contributed by atoms with E-state index >= 15 is 0 Å². The number of hydrogen-bond donors (Lipinski definition) is 0. The van der Waals surface area contributed by atoms with E-state index in [1.807, 2.05) is 10.9 Å². The van der Waals surface area contributed by atoms with E-state index in [4.69, 9.17) is 0 Å². The Kier molecular flexibility index (Phi) is 4.37. The van der Waals surface area contributed by atoms with Crippen molar-refractivity contribution in [1.29, 1.82) is 0 Å². The molecule has 1 aromatic heterocycles. The summed E-state index contributed by atoms with van der Waals surface area (Å²) in [6, 6.07) is 0. The first kappa shape index (κ1) is 13.1. The number of nitrogens with zero attached hydrogens (tertiary/aromatic N) is 2. The quantitative estimate of drug-likeness (QED) is 0.580. The van der Waals surface area contributed by atoms with Crippen LogP contribution in [-0.2, 0) is 6.54 Å². The van der Waals surface area contributed by atoms with Gasteiger partial charge in [0.25, 0.3) is 0 Å². The molecular weight excluding hydrogens is 212 g/mol. The average Bonchev–Trinajstić information content (AvgIpc) is 2.58. The summed E-state index contributed by atoms with van der Waals surface area (Å²) in [6.45, 7) is 12.2. The zero-order chi connectivity index (χ0) is 12.2. The fourth-order valence-corrected chi connectivity index (χ4v) is 1.72. The van der Waals surface area contributed by atoms with Gasteiger partial charge in [0.15, 0.2) is 0 Å². The highest BCUT2D eigenvalue weighted by Crippen LogP contribution is 2.04. The van der Waals surface area contributed by atoms with Gasteiger partial charge in [0.05, 0.1) is 11.8 Å². The molecule has 0 spiro atoms. The van der Waals surface area contributed by atoms with Gasteiger partial charge in [-0.2, -0.15) is 5.10 Å². The molecule has 1 aromatic rings. The van der Waals surface area contributed by atoms with Gasteiger partial charge in [0, 0.05) is 12.7 Å². The van der Waals surface area contributed by atoms with Crippen LogP contribution in [-0.4, -0.2) is 17.9 Å². The van der Waals surface area contributed by atoms with Gasteiger partial charge in [-0.05, 0) is 12.3 Å². The van der Waals surface area contributed by atoms with Crippen LogP contribution in [0.2, 0.25) is 19.6 Å². The molecule has 0 fully saturated rings. The van der Waals surface area contributed by atoms with Crippen molar-refractivity contribution >= 4 is 8.07 Å². The van der Waals surface area contributed by atoms with Gasteiger partial charge in [-0.1, -0.05) is 39.4 Å². The van der Waals surface area contributed by atoms with Crippen molar-refractivity contribution in [3.05, 3.63) is 18.0 Å². The van der Waals surface area contributed by atoms with Gasteiger partial charge < -0.3 is 0 Å². The van der Waals surface area contributed by atoms with E-state index in [-0.39, 0.29) is 0 Å². The molecule has 0 bridgehead atoms. The second-order valence-corrected chi connectivity index (χ2v) is 10.4. The van der Waals surface area contributed by atoms with Gasteiger partial charge in [-0.15, -0.1) is 5.54 Å². The van der Waals surface area contributed by atoms with Gasteiger partial charge in [0.1, 0.15) is 8.07 Å². The molecule has 0 radical (unpaired) electrons. The third-order valence-electron chi connectivity index (χ3n) is 2.15. The topological polar surface area (TPSA) is 17.8 Å². The Morgan fingerprint density at radius 1 is 1.38 bits per heavy atom. The lowest BCUT2D eigenvalue weighted by atomic mass is 10.1. The summed E-state index contributed by atoms with van der Waals surface area (Å²) >= 11 is 0. The van der Waals surface area contributed by atoms with E-state index in [1.54, 1.807) is 0 Å². The second kappa shape index (κ2) is 5.36. The first-order chi connectivity index (χ1) is 7.37. The van der Waals surface area contributed by atoms with E-state index in [2.05, 4.69) is 56.2 Å². The van der Waals surface area contributed by atoms with E-state index in [0.29, 0.717) is 0 Å². The van der Waals surface area contributed by atoms with Crippen molar-refractivity contribution in [3.8, 4) is 11.5 Å². The lowest BCUT2D eigenvalue weighted by Crippen LogP contribution is -2.16. The zero-order valence-corrected chi connectivity index (χ0v) is 12.0. The summed E-state index contributed by atoms with van der Waals surface area (Å²) in [5.74, 6) is 3.94. The largest absolute Gasteiger partial charge is 0.271 e. The molecule has 0 aliphatic heterocycles. The second-order valence-electron chi connectivity index (χ2n) is 5.67. The molecule has 0 aromatic carbocycles. The molecule has 0 atom stereocenters. The van der Waals surface area contributed by atoms with Gasteiger partial charge >= 0.3 is 0 Å². The third-order valence-corrected chi connectivity index (χ3v) is 3.03. The van der Waals surface area contributed by atoms with Crippen LogP contribution in [0, 0.1) is 17.4 Å². The van der Waals surface area contributed by atoms with Gasteiger partial charge in [-0.3, -0.25) is 4.68 Å². The Morgan fingerprint density at radius 2 is 2.06 bits per heavy atom. The van der Waals surface area contributed by atoms with E-state index in [0.717, 1.165) is 18.0 Å². The molecule has 0 saturated carbocycles. The maximum atomic E-state index is 4.32. The summed E-state index contributed by atoms with van der Waals surface area (Å²) in [7, 11) is -1.27. The fraction of sp³-hybridized carbons (Fsp3) is 0.615. The van der Waals surface area contributed by atoms with Crippen LogP contribution in [0.4, 0.5) is 0 Å². The Hall–Kier alpha value is -1.01. The summed E-state index contributed by atoms with van der Waals surface area (Å²) < 4.78 is 1.99. The number of rotatable bonds is 3. The smallest absolute Gasteiger partial charge is 0.129 e. The summed E-state index contributed by atoms with van der Waals surface area (Å²) in [5.41, 5.74) is 4.40. The molecule has 1 heterocycles. The predicted octanol–water partition coefficient (Wildman–Crippen LogP) is 3.16. The monoisotopic (exact) mass is 234 g/mol. The molecule has 2 nitrogen and oxygen atoms in total. The molecule has 16 heavy (non-hydrogen) atoms. The standard InChI is InChI=1S/C13H22N2Si/c1-12(2)6-8-15-11-13(10-14-15)7-9-16(3,4)5/h10-12H,6,8H2,1-5H3. The van der Waals surface area contributed by atoms with Crippen LogP contribution < -0.4 is 0 Å². The van der Waals surface area contributed by atoms with Crippen molar-refractivity contribution in [2.45, 2.75) is 46.5 Å². The lowest BCUT2D eigenvalue weighted by Gasteiger charge is -2.03. The molecule has 3 heteroatoms. The minimum Gasteiger partial charge on any atom is -0.271 e. The number of aryl methyl sites for hydroxylation is 1. The highest BCUT2D eigenvalue weighted by molar-refractivity contribution is 6.83. The maximum absolute atomic E-state index is 4.32. The van der Waals surface area contributed by atoms with Crippen LogP contribution in [0.15, 0.2) is 12.4 Å². The highest BCUT2D eigenvalue weighted by Gasteiger charge is 2.07. The molecule has 0 aliphatic carbocycles. The Balaban J connectivity index is 2.60. The lowest BCUT2D eigenvalue weighted by molar-refractivity contribution is 0.487. The van der Waals surface area contributed by atoms with E-state index < -0.39 is 8.07 Å². The summed E-state index contributed by atoms with van der Waals surface area (Å²) in [6.07, 6.45) is 5.09. The van der Waals surface area contributed by atoms with Crippen molar-refractivity contribution in [2.24, 2.45) is 5.92 Å². The minimum atomic E-state index is -1.27. The molecule has 0 aliphatic rings. The van der Waals surface area contributed by atoms with Crippen LogP contribution in [0.5, 0.6) is 0 Å². The first-order valence-corrected chi connectivity index (χ1v) is 9.42. The Bertz CT molecular complexity index is 388. The van der Waals surface area contributed by atoms with Crippen LogP contribution in [0.1, 0.15) is 25.8 Å². The van der Waals surface area contributed by atoms with Crippen molar-refractivity contribution in [3.63, 3.8) is 0 Å². The highest BCUT2D eigenvalue weighted by atomic mass is 28.3. The maximum Gasteiger partial charge on any atom is 0.129 e. The third kappa shape index (κ3) is 5.18. The van der Waals surface area contributed by atoms with E-state index in [1.165, 1.54) is 6.42 Å². The molecule has 88 valence electrons. The normalized spacial score (nSPS) is 11.4. The van der Waals surface area contributed by atoms with Crippen LogP contribution >= 0.6 is 0 Å². The average molecular weight is 234 g/mol.